The fraction of sp³-hybridized carbons (Fsp3) is 0.250. The van der Waals surface area contributed by atoms with Gasteiger partial charge in [0.15, 0.2) is 23.0 Å². The summed E-state index contributed by atoms with van der Waals surface area (Å²) in [4.78, 5) is 25.8. The van der Waals surface area contributed by atoms with Crippen molar-refractivity contribution in [3.63, 3.8) is 0 Å². The number of hydrogen-bond donors (Lipinski definition) is 2. The average Bonchev–Trinajstić information content (AvgIpc) is 2.86. The van der Waals surface area contributed by atoms with E-state index in [-0.39, 0.29) is 39.1 Å². The molecule has 10 nitrogen and oxygen atoms in total. The molecule has 0 bridgehead atoms. The second kappa shape index (κ2) is 9.65. The number of benzene rings is 3. The van der Waals surface area contributed by atoms with Crippen molar-refractivity contribution < 1.29 is 48.2 Å². The summed E-state index contributed by atoms with van der Waals surface area (Å²) in [6, 6.07) is 6.10. The van der Waals surface area contributed by atoms with Crippen LogP contribution in [0.4, 0.5) is 0 Å². The van der Waals surface area contributed by atoms with Gasteiger partial charge in [-0.25, -0.2) is 9.59 Å². The summed E-state index contributed by atoms with van der Waals surface area (Å²) in [6.45, 7) is 0. The first-order valence-electron chi connectivity index (χ1n) is 9.85. The predicted octanol–water partition coefficient (Wildman–Crippen LogP) is 3.53. The van der Waals surface area contributed by atoms with Crippen LogP contribution in [0.15, 0.2) is 24.3 Å². The van der Waals surface area contributed by atoms with E-state index in [0.717, 1.165) is 14.2 Å². The molecule has 0 aliphatic carbocycles. The van der Waals surface area contributed by atoms with E-state index in [1.54, 1.807) is 18.2 Å². The number of carbonyl (C=O) groups excluding carboxylic acids is 2. The first-order chi connectivity index (χ1) is 16.3. The number of ether oxygens (including phenoxy) is 6. The van der Waals surface area contributed by atoms with E-state index in [2.05, 4.69) is 0 Å². The lowest BCUT2D eigenvalue weighted by Crippen LogP contribution is -2.15. The smallest absolute Gasteiger partial charge is 0.342 e. The minimum absolute atomic E-state index is 0.0282. The van der Waals surface area contributed by atoms with Crippen LogP contribution in [0.5, 0.6) is 34.5 Å². The number of phenolic OH excluding ortho intramolecular Hbond substituents is 2. The van der Waals surface area contributed by atoms with Crippen LogP contribution in [0.3, 0.4) is 0 Å². The van der Waals surface area contributed by atoms with Crippen molar-refractivity contribution in [1.82, 2.24) is 0 Å². The number of esters is 2. The topological polar surface area (TPSA) is 130 Å². The summed E-state index contributed by atoms with van der Waals surface area (Å²) >= 11 is 0. The Kier molecular flexibility index (Phi) is 6.90. The third-order valence-electron chi connectivity index (χ3n) is 5.34. The third kappa shape index (κ3) is 3.72. The van der Waals surface area contributed by atoms with Gasteiger partial charge >= 0.3 is 11.9 Å². The molecule has 0 aliphatic heterocycles. The number of fused-ring (bicyclic) bond motifs is 1. The summed E-state index contributed by atoms with van der Waals surface area (Å²) in [5, 5.41) is 22.1. The van der Waals surface area contributed by atoms with Crippen molar-refractivity contribution in [2.75, 3.05) is 42.7 Å². The molecule has 0 spiro atoms. The highest BCUT2D eigenvalue weighted by Crippen LogP contribution is 2.52. The lowest BCUT2D eigenvalue weighted by atomic mass is 9.87. The van der Waals surface area contributed by atoms with Crippen LogP contribution in [0.1, 0.15) is 20.7 Å². The number of carbonyl (C=O) groups is 2. The molecule has 34 heavy (non-hydrogen) atoms. The molecule has 0 atom stereocenters. The molecule has 0 aromatic heterocycles. The van der Waals surface area contributed by atoms with Crippen LogP contribution in [0.2, 0.25) is 0 Å². The fourth-order valence-electron chi connectivity index (χ4n) is 3.80. The Morgan fingerprint density at radius 1 is 0.676 bits per heavy atom. The normalized spacial score (nSPS) is 10.5. The molecule has 180 valence electrons. The van der Waals surface area contributed by atoms with Crippen molar-refractivity contribution in [3.8, 4) is 45.6 Å². The van der Waals surface area contributed by atoms with Gasteiger partial charge in [-0.05, 0) is 23.8 Å². The molecule has 0 amide bonds. The highest BCUT2D eigenvalue weighted by molar-refractivity contribution is 6.20. The monoisotopic (exact) mass is 472 g/mol. The number of phenols is 2. The molecule has 0 heterocycles. The lowest BCUT2D eigenvalue weighted by Gasteiger charge is -2.21. The molecule has 3 aromatic carbocycles. The van der Waals surface area contributed by atoms with E-state index in [1.165, 1.54) is 34.5 Å². The third-order valence-corrected chi connectivity index (χ3v) is 5.34. The number of aromatic hydroxyl groups is 2. The quantitative estimate of drug-likeness (QED) is 0.493. The maximum atomic E-state index is 13.0. The van der Waals surface area contributed by atoms with E-state index in [0.29, 0.717) is 17.1 Å². The summed E-state index contributed by atoms with van der Waals surface area (Å²) in [5.74, 6) is -2.25. The average molecular weight is 472 g/mol. The van der Waals surface area contributed by atoms with Crippen LogP contribution in [-0.2, 0) is 9.47 Å². The summed E-state index contributed by atoms with van der Waals surface area (Å²) in [5.41, 5.74) is -0.234. The predicted molar refractivity (Wildman–Crippen MR) is 122 cm³/mol. The van der Waals surface area contributed by atoms with E-state index in [9.17, 15) is 19.8 Å². The van der Waals surface area contributed by atoms with Gasteiger partial charge < -0.3 is 38.6 Å². The molecule has 2 N–H and O–H groups in total. The highest BCUT2D eigenvalue weighted by Gasteiger charge is 2.33. The van der Waals surface area contributed by atoms with Crippen LogP contribution in [0, 0.1) is 0 Å². The first kappa shape index (κ1) is 24.3. The van der Waals surface area contributed by atoms with E-state index < -0.39 is 23.3 Å². The molecule has 0 fully saturated rings. The SMILES string of the molecule is COC(=O)c1c(C(=O)OC)c(-c2ccc(OC)c(OC)c2)c2c(OC)c(O)c(OC)cc2c1O. The number of rotatable bonds is 7. The van der Waals surface area contributed by atoms with Crippen molar-refractivity contribution in [2.45, 2.75) is 0 Å². The molecule has 3 aromatic rings. The molecule has 0 unspecified atom stereocenters. The molecule has 0 aliphatic rings. The van der Waals surface area contributed by atoms with Crippen molar-refractivity contribution in [2.24, 2.45) is 0 Å². The van der Waals surface area contributed by atoms with E-state index in [1.807, 2.05) is 0 Å². The van der Waals surface area contributed by atoms with Gasteiger partial charge in [-0.3, -0.25) is 0 Å². The second-order valence-electron chi connectivity index (χ2n) is 6.91. The Hall–Kier alpha value is -4.34. The zero-order valence-corrected chi connectivity index (χ0v) is 19.5. The van der Waals surface area contributed by atoms with Gasteiger partial charge in [0.2, 0.25) is 5.75 Å². The Labute approximate surface area is 195 Å². The van der Waals surface area contributed by atoms with Gasteiger partial charge in [-0.1, -0.05) is 6.07 Å². The minimum atomic E-state index is -0.979. The minimum Gasteiger partial charge on any atom is -0.506 e. The molecular weight excluding hydrogens is 448 g/mol. The van der Waals surface area contributed by atoms with Crippen LogP contribution in [0.25, 0.3) is 21.9 Å². The summed E-state index contributed by atoms with van der Waals surface area (Å²) in [7, 11) is 7.77. The number of methoxy groups -OCH3 is 6. The van der Waals surface area contributed by atoms with Crippen LogP contribution < -0.4 is 18.9 Å². The van der Waals surface area contributed by atoms with Crippen molar-refractivity contribution in [3.05, 3.63) is 35.4 Å². The zero-order chi connectivity index (χ0) is 25.2. The van der Waals surface area contributed by atoms with E-state index >= 15 is 0 Å². The number of hydrogen-bond acceptors (Lipinski definition) is 10. The summed E-state index contributed by atoms with van der Waals surface area (Å²) < 4.78 is 31.1. The van der Waals surface area contributed by atoms with Crippen molar-refractivity contribution in [1.29, 1.82) is 0 Å². The fourth-order valence-corrected chi connectivity index (χ4v) is 3.80. The van der Waals surface area contributed by atoms with Gasteiger partial charge in [0.05, 0.1) is 48.2 Å². The molecule has 0 saturated carbocycles. The van der Waals surface area contributed by atoms with Crippen LogP contribution in [-0.4, -0.2) is 64.8 Å². The van der Waals surface area contributed by atoms with Gasteiger partial charge in [0.25, 0.3) is 0 Å². The molecule has 3 rings (SSSR count). The highest BCUT2D eigenvalue weighted by atomic mass is 16.5. The molecule has 0 radical (unpaired) electrons. The zero-order valence-electron chi connectivity index (χ0n) is 19.5. The van der Waals surface area contributed by atoms with E-state index in [4.69, 9.17) is 28.4 Å². The Balaban J connectivity index is 2.70. The molecule has 10 heteroatoms. The van der Waals surface area contributed by atoms with Crippen LogP contribution >= 0.6 is 0 Å². The Morgan fingerprint density at radius 2 is 1.26 bits per heavy atom. The standard InChI is InChI=1S/C24H24O10/c1-29-13-8-7-11(9-14(13)30-2)16-17-12(10-15(31-3)21(26)22(17)32-4)20(25)19(24(28)34-6)18(16)23(27)33-5/h7-10,25-26H,1-6H3. The second-order valence-corrected chi connectivity index (χ2v) is 6.91. The molecule has 0 saturated heterocycles. The Bertz CT molecular complexity index is 1280. The van der Waals surface area contributed by atoms with Gasteiger partial charge in [-0.2, -0.15) is 0 Å². The van der Waals surface area contributed by atoms with Gasteiger partial charge in [-0.15, -0.1) is 0 Å². The maximum Gasteiger partial charge on any atom is 0.342 e. The maximum absolute atomic E-state index is 13.0. The Morgan fingerprint density at radius 3 is 1.79 bits per heavy atom. The lowest BCUT2D eigenvalue weighted by molar-refractivity contribution is 0.0553. The summed E-state index contributed by atoms with van der Waals surface area (Å²) in [6.07, 6.45) is 0. The van der Waals surface area contributed by atoms with Crippen molar-refractivity contribution >= 4 is 22.7 Å². The first-order valence-corrected chi connectivity index (χ1v) is 9.85. The molecular formula is C24H24O10. The largest absolute Gasteiger partial charge is 0.506 e. The van der Waals surface area contributed by atoms with Gasteiger partial charge in [0.1, 0.15) is 11.3 Å². The van der Waals surface area contributed by atoms with Gasteiger partial charge in [0, 0.05) is 16.3 Å².